The summed E-state index contributed by atoms with van der Waals surface area (Å²) in [4.78, 5) is 37.5. The molecule has 21 heavy (non-hydrogen) atoms. The molecule has 0 aliphatic carbocycles. The van der Waals surface area contributed by atoms with Gasteiger partial charge in [-0.3, -0.25) is 14.4 Å². The smallest absolute Gasteiger partial charge is 0.310 e. The summed E-state index contributed by atoms with van der Waals surface area (Å²) in [7, 11) is 1.34. The minimum absolute atomic E-state index is 0.00704. The number of amides is 2. The van der Waals surface area contributed by atoms with Crippen LogP contribution >= 0.6 is 0 Å². The van der Waals surface area contributed by atoms with Crippen molar-refractivity contribution in [3.63, 3.8) is 0 Å². The number of hydrogen-bond donors (Lipinski definition) is 1. The number of carbonyl (C=O) groups excluding carboxylic acids is 3. The quantitative estimate of drug-likeness (QED) is 0.779. The SMILES string of the molecule is COC(=O)C1CC(NC(=O)C(C)C)CN(C(=O)C(C)C)C1. The Bertz CT molecular complexity index is 406. The predicted octanol–water partition coefficient (Wildman–Crippen LogP) is 0.805. The van der Waals surface area contributed by atoms with Crippen LogP contribution in [0.25, 0.3) is 0 Å². The van der Waals surface area contributed by atoms with Crippen LogP contribution in [0.2, 0.25) is 0 Å². The zero-order valence-electron chi connectivity index (χ0n) is 13.5. The van der Waals surface area contributed by atoms with Gasteiger partial charge in [0.1, 0.15) is 0 Å². The summed E-state index contributed by atoms with van der Waals surface area (Å²) < 4.78 is 4.79. The number of methoxy groups -OCH3 is 1. The van der Waals surface area contributed by atoms with Crippen LogP contribution in [0.1, 0.15) is 34.1 Å². The van der Waals surface area contributed by atoms with Crippen LogP contribution in [0.3, 0.4) is 0 Å². The minimum atomic E-state index is -0.385. The Kier molecular flexibility index (Phi) is 6.18. The number of carbonyl (C=O) groups is 3. The molecule has 0 spiro atoms. The van der Waals surface area contributed by atoms with Crippen molar-refractivity contribution in [1.29, 1.82) is 0 Å². The van der Waals surface area contributed by atoms with E-state index in [0.29, 0.717) is 19.5 Å². The van der Waals surface area contributed by atoms with Crippen LogP contribution in [0.5, 0.6) is 0 Å². The molecule has 1 fully saturated rings. The Morgan fingerprint density at radius 2 is 1.71 bits per heavy atom. The van der Waals surface area contributed by atoms with Gasteiger partial charge in [0.2, 0.25) is 11.8 Å². The molecule has 0 aromatic rings. The zero-order chi connectivity index (χ0) is 16.2. The van der Waals surface area contributed by atoms with Crippen LogP contribution < -0.4 is 5.32 Å². The fourth-order valence-corrected chi connectivity index (χ4v) is 2.45. The molecule has 1 aliphatic rings. The number of rotatable bonds is 4. The summed E-state index contributed by atoms with van der Waals surface area (Å²) in [5.41, 5.74) is 0. The molecule has 120 valence electrons. The standard InChI is InChI=1S/C15H26N2O4/c1-9(2)13(18)16-12-6-11(15(20)21-5)7-17(8-12)14(19)10(3)4/h9-12H,6-8H2,1-5H3,(H,16,18). The van der Waals surface area contributed by atoms with E-state index in [-0.39, 0.29) is 41.6 Å². The van der Waals surface area contributed by atoms with Gasteiger partial charge in [-0.2, -0.15) is 0 Å². The number of likely N-dealkylation sites (tertiary alicyclic amines) is 1. The summed E-state index contributed by atoms with van der Waals surface area (Å²) in [6.45, 7) is 8.08. The van der Waals surface area contributed by atoms with E-state index in [1.165, 1.54) is 7.11 Å². The molecule has 1 N–H and O–H groups in total. The molecular weight excluding hydrogens is 272 g/mol. The van der Waals surface area contributed by atoms with Gasteiger partial charge in [0, 0.05) is 31.0 Å². The van der Waals surface area contributed by atoms with Crippen LogP contribution in [0.15, 0.2) is 0 Å². The number of ether oxygens (including phenoxy) is 1. The van der Waals surface area contributed by atoms with Crippen LogP contribution in [0, 0.1) is 17.8 Å². The maximum atomic E-state index is 12.2. The van der Waals surface area contributed by atoms with Crippen molar-refractivity contribution in [3.05, 3.63) is 0 Å². The fraction of sp³-hybridized carbons (Fsp3) is 0.800. The fourth-order valence-electron chi connectivity index (χ4n) is 2.45. The molecule has 1 aliphatic heterocycles. The molecule has 1 saturated heterocycles. The van der Waals surface area contributed by atoms with Crippen molar-refractivity contribution in [1.82, 2.24) is 10.2 Å². The van der Waals surface area contributed by atoms with E-state index in [9.17, 15) is 14.4 Å². The summed E-state index contributed by atoms with van der Waals surface area (Å²) in [5.74, 6) is -1.06. The van der Waals surface area contributed by atoms with Crippen molar-refractivity contribution in [3.8, 4) is 0 Å². The van der Waals surface area contributed by atoms with Gasteiger partial charge < -0.3 is 15.0 Å². The molecule has 0 radical (unpaired) electrons. The highest BCUT2D eigenvalue weighted by atomic mass is 16.5. The second-order valence-corrected chi connectivity index (χ2v) is 6.21. The van der Waals surface area contributed by atoms with Crippen LogP contribution in [0.4, 0.5) is 0 Å². The number of hydrogen-bond acceptors (Lipinski definition) is 4. The second-order valence-electron chi connectivity index (χ2n) is 6.21. The van der Waals surface area contributed by atoms with Gasteiger partial charge in [-0.1, -0.05) is 27.7 Å². The molecule has 2 atom stereocenters. The van der Waals surface area contributed by atoms with E-state index in [4.69, 9.17) is 4.74 Å². The van der Waals surface area contributed by atoms with Crippen molar-refractivity contribution >= 4 is 17.8 Å². The average molecular weight is 298 g/mol. The highest BCUT2D eigenvalue weighted by Gasteiger charge is 2.35. The Morgan fingerprint density at radius 3 is 2.19 bits per heavy atom. The molecule has 0 aromatic carbocycles. The number of piperidine rings is 1. The molecule has 0 aromatic heterocycles. The van der Waals surface area contributed by atoms with Crippen LogP contribution in [-0.2, 0) is 19.1 Å². The van der Waals surface area contributed by atoms with E-state index in [1.54, 1.807) is 4.90 Å². The largest absolute Gasteiger partial charge is 0.469 e. The Balaban J connectivity index is 2.81. The van der Waals surface area contributed by atoms with Crippen molar-refractivity contribution in [2.75, 3.05) is 20.2 Å². The van der Waals surface area contributed by atoms with Gasteiger partial charge in [0.15, 0.2) is 0 Å². The van der Waals surface area contributed by atoms with Gasteiger partial charge in [0.25, 0.3) is 0 Å². The van der Waals surface area contributed by atoms with E-state index < -0.39 is 0 Å². The number of nitrogens with one attached hydrogen (secondary N) is 1. The number of nitrogens with zero attached hydrogens (tertiary/aromatic N) is 1. The molecule has 1 heterocycles. The Labute approximate surface area is 126 Å². The van der Waals surface area contributed by atoms with Gasteiger partial charge in [-0.25, -0.2) is 0 Å². The lowest BCUT2D eigenvalue weighted by Crippen LogP contribution is -2.55. The summed E-state index contributed by atoms with van der Waals surface area (Å²) in [6, 6.07) is -0.208. The number of esters is 1. The first-order valence-electron chi connectivity index (χ1n) is 7.43. The topological polar surface area (TPSA) is 75.7 Å². The molecule has 1 rings (SSSR count). The normalized spacial score (nSPS) is 22.3. The van der Waals surface area contributed by atoms with E-state index in [0.717, 1.165) is 0 Å². The molecule has 2 amide bonds. The lowest BCUT2D eigenvalue weighted by atomic mass is 9.93. The molecule has 0 saturated carbocycles. The van der Waals surface area contributed by atoms with Gasteiger partial charge >= 0.3 is 5.97 Å². The highest BCUT2D eigenvalue weighted by molar-refractivity contribution is 5.81. The third-order valence-electron chi connectivity index (χ3n) is 3.66. The monoisotopic (exact) mass is 298 g/mol. The molecule has 6 nitrogen and oxygen atoms in total. The lowest BCUT2D eigenvalue weighted by molar-refractivity contribution is -0.151. The first kappa shape index (κ1) is 17.5. The third-order valence-corrected chi connectivity index (χ3v) is 3.66. The third kappa shape index (κ3) is 4.72. The first-order valence-corrected chi connectivity index (χ1v) is 7.43. The molecule has 2 unspecified atom stereocenters. The van der Waals surface area contributed by atoms with Crippen molar-refractivity contribution in [2.24, 2.45) is 17.8 Å². The van der Waals surface area contributed by atoms with Crippen molar-refractivity contribution < 1.29 is 19.1 Å². The van der Waals surface area contributed by atoms with E-state index in [2.05, 4.69) is 5.32 Å². The molecule has 6 heteroatoms. The minimum Gasteiger partial charge on any atom is -0.469 e. The van der Waals surface area contributed by atoms with E-state index >= 15 is 0 Å². The lowest BCUT2D eigenvalue weighted by Gasteiger charge is -2.38. The summed E-state index contributed by atoms with van der Waals surface area (Å²) >= 11 is 0. The first-order chi connectivity index (χ1) is 9.76. The van der Waals surface area contributed by atoms with Gasteiger partial charge in [-0.05, 0) is 6.42 Å². The molecule has 0 bridgehead atoms. The van der Waals surface area contributed by atoms with Gasteiger partial charge in [-0.15, -0.1) is 0 Å². The van der Waals surface area contributed by atoms with Gasteiger partial charge in [0.05, 0.1) is 13.0 Å². The van der Waals surface area contributed by atoms with Crippen molar-refractivity contribution in [2.45, 2.75) is 40.2 Å². The summed E-state index contributed by atoms with van der Waals surface area (Å²) in [6.07, 6.45) is 0.507. The highest BCUT2D eigenvalue weighted by Crippen LogP contribution is 2.20. The molecular formula is C15H26N2O4. The zero-order valence-corrected chi connectivity index (χ0v) is 13.5. The summed E-state index contributed by atoms with van der Waals surface area (Å²) in [5, 5.41) is 2.91. The average Bonchev–Trinajstić information content (AvgIpc) is 2.44. The van der Waals surface area contributed by atoms with Crippen LogP contribution in [-0.4, -0.2) is 48.9 Å². The Hall–Kier alpha value is -1.59. The second kappa shape index (κ2) is 7.43. The predicted molar refractivity (Wildman–Crippen MR) is 78.3 cm³/mol. The Morgan fingerprint density at radius 1 is 1.10 bits per heavy atom. The maximum absolute atomic E-state index is 12.2. The van der Waals surface area contributed by atoms with E-state index in [1.807, 2.05) is 27.7 Å². The maximum Gasteiger partial charge on any atom is 0.310 e.